The normalized spacial score (nSPS) is 18.4. The largest absolute Gasteiger partial charge is 0.365 e. The lowest BCUT2D eigenvalue weighted by Crippen LogP contribution is -2.24. The standard InChI is InChI=1S/C17H21N3/c1-18-16-9-6-12-20(13-14-7-4-5-11-19-14)17-10-3-2-8-15(16)17/h2-5,7-8,10-11,16,18H,6,9,12-13H2,1H3. The minimum atomic E-state index is 0.458. The van der Waals surface area contributed by atoms with Gasteiger partial charge in [-0.25, -0.2) is 0 Å². The van der Waals surface area contributed by atoms with Crippen molar-refractivity contribution in [3.63, 3.8) is 0 Å². The second-order valence-corrected chi connectivity index (χ2v) is 5.28. The SMILES string of the molecule is CNC1CCCN(Cc2ccccn2)c2ccccc21. The van der Waals surface area contributed by atoms with Gasteiger partial charge in [0.25, 0.3) is 0 Å². The van der Waals surface area contributed by atoms with E-state index in [1.807, 2.05) is 12.3 Å². The highest BCUT2D eigenvalue weighted by Gasteiger charge is 2.21. The fraction of sp³-hybridized carbons (Fsp3) is 0.353. The molecule has 2 heterocycles. The van der Waals surface area contributed by atoms with Gasteiger partial charge in [-0.05, 0) is 43.7 Å². The number of nitrogens with zero attached hydrogens (tertiary/aromatic N) is 2. The molecule has 0 aliphatic carbocycles. The molecule has 1 atom stereocenters. The van der Waals surface area contributed by atoms with Crippen LogP contribution in [-0.2, 0) is 6.54 Å². The van der Waals surface area contributed by atoms with E-state index in [0.29, 0.717) is 6.04 Å². The number of pyridine rings is 1. The first-order valence-corrected chi connectivity index (χ1v) is 7.29. The van der Waals surface area contributed by atoms with Gasteiger partial charge in [0, 0.05) is 24.5 Å². The van der Waals surface area contributed by atoms with Crippen LogP contribution in [0.1, 0.15) is 30.1 Å². The van der Waals surface area contributed by atoms with Crippen molar-refractivity contribution in [2.45, 2.75) is 25.4 Å². The zero-order chi connectivity index (χ0) is 13.8. The number of anilines is 1. The molecule has 1 unspecified atom stereocenters. The molecule has 0 fully saturated rings. The Morgan fingerprint density at radius 1 is 1.20 bits per heavy atom. The zero-order valence-corrected chi connectivity index (χ0v) is 11.9. The van der Waals surface area contributed by atoms with Crippen LogP contribution in [0.3, 0.4) is 0 Å². The third-order valence-corrected chi connectivity index (χ3v) is 4.00. The second-order valence-electron chi connectivity index (χ2n) is 5.28. The van der Waals surface area contributed by atoms with Crippen molar-refractivity contribution in [1.82, 2.24) is 10.3 Å². The summed E-state index contributed by atoms with van der Waals surface area (Å²) in [6.45, 7) is 1.97. The molecule has 0 saturated heterocycles. The molecule has 0 amide bonds. The van der Waals surface area contributed by atoms with Crippen molar-refractivity contribution in [3.8, 4) is 0 Å². The summed E-state index contributed by atoms with van der Waals surface area (Å²) in [6, 6.07) is 15.3. The van der Waals surface area contributed by atoms with Crippen molar-refractivity contribution < 1.29 is 0 Å². The summed E-state index contributed by atoms with van der Waals surface area (Å²) in [5, 5.41) is 3.44. The third kappa shape index (κ3) is 2.68. The minimum Gasteiger partial charge on any atom is -0.365 e. The molecule has 0 bridgehead atoms. The van der Waals surface area contributed by atoms with Gasteiger partial charge in [-0.3, -0.25) is 4.98 Å². The van der Waals surface area contributed by atoms with E-state index in [-0.39, 0.29) is 0 Å². The lowest BCUT2D eigenvalue weighted by molar-refractivity contribution is 0.541. The van der Waals surface area contributed by atoms with Crippen LogP contribution < -0.4 is 10.2 Å². The Kier molecular flexibility index (Phi) is 3.97. The average molecular weight is 267 g/mol. The fourth-order valence-electron chi connectivity index (χ4n) is 2.98. The van der Waals surface area contributed by atoms with E-state index in [1.54, 1.807) is 0 Å². The van der Waals surface area contributed by atoms with Crippen LogP contribution in [0, 0.1) is 0 Å². The number of nitrogens with one attached hydrogen (secondary N) is 1. The summed E-state index contributed by atoms with van der Waals surface area (Å²) in [5.74, 6) is 0. The highest BCUT2D eigenvalue weighted by molar-refractivity contribution is 5.56. The van der Waals surface area contributed by atoms with Crippen LogP contribution in [0.5, 0.6) is 0 Å². The first-order valence-electron chi connectivity index (χ1n) is 7.29. The highest BCUT2D eigenvalue weighted by atomic mass is 15.1. The molecule has 3 heteroatoms. The van der Waals surface area contributed by atoms with Crippen molar-refractivity contribution >= 4 is 5.69 Å². The van der Waals surface area contributed by atoms with Crippen molar-refractivity contribution in [2.75, 3.05) is 18.5 Å². The van der Waals surface area contributed by atoms with Crippen LogP contribution in [0.2, 0.25) is 0 Å². The minimum absolute atomic E-state index is 0.458. The van der Waals surface area contributed by atoms with Gasteiger partial charge < -0.3 is 10.2 Å². The first-order chi connectivity index (χ1) is 9.88. The van der Waals surface area contributed by atoms with E-state index in [9.17, 15) is 0 Å². The number of benzene rings is 1. The van der Waals surface area contributed by atoms with Crippen LogP contribution in [0.4, 0.5) is 5.69 Å². The maximum Gasteiger partial charge on any atom is 0.0602 e. The van der Waals surface area contributed by atoms with Gasteiger partial charge in [0.15, 0.2) is 0 Å². The molecule has 104 valence electrons. The van der Waals surface area contributed by atoms with E-state index in [1.165, 1.54) is 24.1 Å². The molecule has 0 spiro atoms. The topological polar surface area (TPSA) is 28.2 Å². The van der Waals surface area contributed by atoms with Crippen molar-refractivity contribution in [2.24, 2.45) is 0 Å². The Bertz CT molecular complexity index is 553. The van der Waals surface area contributed by atoms with Crippen LogP contribution in [0.25, 0.3) is 0 Å². The number of fused-ring (bicyclic) bond motifs is 1. The summed E-state index contributed by atoms with van der Waals surface area (Å²) >= 11 is 0. The maximum atomic E-state index is 4.46. The van der Waals surface area contributed by atoms with Crippen LogP contribution in [0.15, 0.2) is 48.7 Å². The van der Waals surface area contributed by atoms with Crippen LogP contribution >= 0.6 is 0 Å². The zero-order valence-electron chi connectivity index (χ0n) is 11.9. The predicted octanol–water partition coefficient (Wildman–Crippen LogP) is 3.14. The molecule has 2 aromatic rings. The molecule has 1 N–H and O–H groups in total. The van der Waals surface area contributed by atoms with E-state index >= 15 is 0 Å². The monoisotopic (exact) mass is 267 g/mol. The lowest BCUT2D eigenvalue weighted by atomic mass is 10.0. The Balaban J connectivity index is 1.91. The lowest BCUT2D eigenvalue weighted by Gasteiger charge is -2.25. The first kappa shape index (κ1) is 13.1. The number of hydrogen-bond donors (Lipinski definition) is 1. The number of rotatable bonds is 3. The molecule has 1 aromatic carbocycles. The second kappa shape index (κ2) is 6.06. The Hall–Kier alpha value is -1.87. The molecule has 3 nitrogen and oxygen atoms in total. The third-order valence-electron chi connectivity index (χ3n) is 4.00. The van der Waals surface area contributed by atoms with E-state index in [0.717, 1.165) is 18.8 Å². The summed E-state index contributed by atoms with van der Waals surface area (Å²) in [5.41, 5.74) is 3.88. The molecule has 20 heavy (non-hydrogen) atoms. The number of aromatic nitrogens is 1. The van der Waals surface area contributed by atoms with Gasteiger partial charge in [-0.15, -0.1) is 0 Å². The van der Waals surface area contributed by atoms with Crippen molar-refractivity contribution in [1.29, 1.82) is 0 Å². The summed E-state index contributed by atoms with van der Waals surface area (Å²) in [7, 11) is 2.05. The molecule has 0 radical (unpaired) electrons. The maximum absolute atomic E-state index is 4.46. The Morgan fingerprint density at radius 3 is 2.85 bits per heavy atom. The van der Waals surface area contributed by atoms with Crippen molar-refractivity contribution in [3.05, 3.63) is 59.9 Å². The number of hydrogen-bond acceptors (Lipinski definition) is 3. The van der Waals surface area contributed by atoms with Gasteiger partial charge in [-0.2, -0.15) is 0 Å². The van der Waals surface area contributed by atoms with Gasteiger partial charge in [0.1, 0.15) is 0 Å². The van der Waals surface area contributed by atoms with Gasteiger partial charge in [0.2, 0.25) is 0 Å². The smallest absolute Gasteiger partial charge is 0.0602 e. The number of para-hydroxylation sites is 1. The van der Waals surface area contributed by atoms with E-state index in [2.05, 4.69) is 58.6 Å². The predicted molar refractivity (Wildman–Crippen MR) is 82.8 cm³/mol. The Morgan fingerprint density at radius 2 is 2.05 bits per heavy atom. The summed E-state index contributed by atoms with van der Waals surface area (Å²) < 4.78 is 0. The van der Waals surface area contributed by atoms with E-state index < -0.39 is 0 Å². The quantitative estimate of drug-likeness (QED) is 0.926. The molecule has 1 aliphatic heterocycles. The van der Waals surface area contributed by atoms with Gasteiger partial charge in [0.05, 0.1) is 12.2 Å². The van der Waals surface area contributed by atoms with Gasteiger partial charge >= 0.3 is 0 Å². The summed E-state index contributed by atoms with van der Waals surface area (Å²) in [6.07, 6.45) is 4.26. The molecule has 0 saturated carbocycles. The van der Waals surface area contributed by atoms with Crippen LogP contribution in [-0.4, -0.2) is 18.6 Å². The molecule has 1 aromatic heterocycles. The average Bonchev–Trinajstić information content (AvgIpc) is 2.68. The molecular formula is C17H21N3. The highest BCUT2D eigenvalue weighted by Crippen LogP contribution is 2.33. The fourth-order valence-corrected chi connectivity index (χ4v) is 2.98. The molecule has 3 rings (SSSR count). The van der Waals surface area contributed by atoms with Gasteiger partial charge in [-0.1, -0.05) is 24.3 Å². The van der Waals surface area contributed by atoms with E-state index in [4.69, 9.17) is 0 Å². The summed E-state index contributed by atoms with van der Waals surface area (Å²) in [4.78, 5) is 6.91. The molecular weight excluding hydrogens is 246 g/mol. The Labute approximate surface area is 120 Å². The molecule has 1 aliphatic rings.